The van der Waals surface area contributed by atoms with E-state index in [0.717, 1.165) is 11.1 Å². The third kappa shape index (κ3) is 2.99. The number of amides is 1. The third-order valence-electron chi connectivity index (χ3n) is 3.27. The maximum atomic E-state index is 11.2. The summed E-state index contributed by atoms with van der Waals surface area (Å²) in [6, 6.07) is 14.0. The zero-order valence-electron chi connectivity index (χ0n) is 12.0. The zero-order chi connectivity index (χ0) is 14.7. The summed E-state index contributed by atoms with van der Waals surface area (Å²) in [5, 5.41) is 0. The molecule has 2 aromatic rings. The fourth-order valence-corrected chi connectivity index (χ4v) is 2.07. The van der Waals surface area contributed by atoms with Crippen LogP contribution in [0.1, 0.15) is 18.1 Å². The molecule has 0 aromatic heterocycles. The number of aryl methyl sites for hydroxylation is 2. The van der Waals surface area contributed by atoms with E-state index in [0.29, 0.717) is 5.75 Å². The van der Waals surface area contributed by atoms with Crippen molar-refractivity contribution in [3.8, 4) is 16.9 Å². The van der Waals surface area contributed by atoms with Crippen LogP contribution >= 0.6 is 0 Å². The first-order chi connectivity index (χ1) is 9.49. The number of carbonyl (C=O) groups excluding carboxylic acids is 1. The van der Waals surface area contributed by atoms with E-state index in [-0.39, 0.29) is 0 Å². The lowest BCUT2D eigenvalue weighted by molar-refractivity contribution is -0.123. The van der Waals surface area contributed by atoms with Crippen LogP contribution in [0.3, 0.4) is 0 Å². The average molecular weight is 269 g/mol. The molecule has 2 aromatic carbocycles. The first-order valence-electron chi connectivity index (χ1n) is 6.61. The van der Waals surface area contributed by atoms with Crippen molar-refractivity contribution in [2.75, 3.05) is 0 Å². The van der Waals surface area contributed by atoms with Gasteiger partial charge in [-0.2, -0.15) is 0 Å². The lowest BCUT2D eigenvalue weighted by Crippen LogP contribution is -2.30. The minimum absolute atomic E-state index is 0.472. The van der Waals surface area contributed by atoms with Crippen LogP contribution in [0.5, 0.6) is 5.75 Å². The van der Waals surface area contributed by atoms with Gasteiger partial charge in [0.15, 0.2) is 6.10 Å². The molecule has 1 amide bonds. The minimum atomic E-state index is -0.652. The van der Waals surface area contributed by atoms with Crippen LogP contribution in [0.4, 0.5) is 0 Å². The summed E-state index contributed by atoms with van der Waals surface area (Å²) >= 11 is 0. The predicted molar refractivity (Wildman–Crippen MR) is 80.6 cm³/mol. The molecule has 0 fully saturated rings. The molecule has 20 heavy (non-hydrogen) atoms. The topological polar surface area (TPSA) is 52.3 Å². The monoisotopic (exact) mass is 269 g/mol. The highest BCUT2D eigenvalue weighted by molar-refractivity contribution is 5.80. The Morgan fingerprint density at radius 2 is 1.80 bits per heavy atom. The molecule has 0 radical (unpaired) electrons. The standard InChI is InChI=1S/C17H19NO2/c1-11-8-9-12(2)15(10-11)14-6-4-5-7-16(14)20-13(3)17(18)19/h4-10,13H,1-3H3,(H2,18,19)/t13-/m1/s1. The molecule has 0 aliphatic heterocycles. The summed E-state index contributed by atoms with van der Waals surface area (Å²) in [5.41, 5.74) is 9.69. The summed E-state index contributed by atoms with van der Waals surface area (Å²) in [5.74, 6) is 0.202. The molecule has 2 N–H and O–H groups in total. The molecule has 104 valence electrons. The van der Waals surface area contributed by atoms with Gasteiger partial charge in [-0.3, -0.25) is 4.79 Å². The number of hydrogen-bond donors (Lipinski definition) is 1. The van der Waals surface area contributed by atoms with Crippen LogP contribution in [-0.4, -0.2) is 12.0 Å². The molecule has 0 heterocycles. The van der Waals surface area contributed by atoms with Crippen LogP contribution < -0.4 is 10.5 Å². The average Bonchev–Trinajstić information content (AvgIpc) is 2.42. The van der Waals surface area contributed by atoms with Gasteiger partial charge in [-0.05, 0) is 38.0 Å². The van der Waals surface area contributed by atoms with Crippen molar-refractivity contribution in [3.63, 3.8) is 0 Å². The highest BCUT2D eigenvalue weighted by atomic mass is 16.5. The zero-order valence-corrected chi connectivity index (χ0v) is 12.0. The number of nitrogens with two attached hydrogens (primary N) is 1. The van der Waals surface area contributed by atoms with Crippen molar-refractivity contribution < 1.29 is 9.53 Å². The van der Waals surface area contributed by atoms with E-state index in [1.54, 1.807) is 6.92 Å². The van der Waals surface area contributed by atoms with E-state index < -0.39 is 12.0 Å². The van der Waals surface area contributed by atoms with E-state index in [1.807, 2.05) is 24.3 Å². The first kappa shape index (κ1) is 14.1. The van der Waals surface area contributed by atoms with Gasteiger partial charge in [0, 0.05) is 5.56 Å². The van der Waals surface area contributed by atoms with E-state index in [9.17, 15) is 4.79 Å². The molecule has 2 rings (SSSR count). The van der Waals surface area contributed by atoms with Crippen LogP contribution in [0.15, 0.2) is 42.5 Å². The summed E-state index contributed by atoms with van der Waals surface area (Å²) < 4.78 is 5.68. The van der Waals surface area contributed by atoms with E-state index in [1.165, 1.54) is 11.1 Å². The lowest BCUT2D eigenvalue weighted by Gasteiger charge is -2.16. The molecule has 3 heteroatoms. The fourth-order valence-electron chi connectivity index (χ4n) is 2.07. The Labute approximate surface area is 119 Å². The van der Waals surface area contributed by atoms with Crippen molar-refractivity contribution in [2.45, 2.75) is 26.9 Å². The van der Waals surface area contributed by atoms with Gasteiger partial charge in [0.2, 0.25) is 0 Å². The summed E-state index contributed by atoms with van der Waals surface area (Å²) in [6.45, 7) is 5.77. The molecule has 0 aliphatic rings. The Balaban J connectivity index is 2.47. The van der Waals surface area contributed by atoms with E-state index in [4.69, 9.17) is 10.5 Å². The molecule has 0 saturated heterocycles. The fraction of sp³-hybridized carbons (Fsp3) is 0.235. The largest absolute Gasteiger partial charge is 0.480 e. The van der Waals surface area contributed by atoms with Gasteiger partial charge in [0.05, 0.1) is 0 Å². The number of carbonyl (C=O) groups is 1. The van der Waals surface area contributed by atoms with E-state index >= 15 is 0 Å². The molecular weight excluding hydrogens is 250 g/mol. The number of benzene rings is 2. The lowest BCUT2D eigenvalue weighted by atomic mass is 9.98. The number of primary amides is 1. The van der Waals surface area contributed by atoms with Gasteiger partial charge < -0.3 is 10.5 Å². The maximum Gasteiger partial charge on any atom is 0.258 e. The maximum absolute atomic E-state index is 11.2. The van der Waals surface area contributed by atoms with E-state index in [2.05, 4.69) is 32.0 Å². The molecule has 0 bridgehead atoms. The third-order valence-corrected chi connectivity index (χ3v) is 3.27. The van der Waals surface area contributed by atoms with Gasteiger partial charge in [-0.1, -0.05) is 42.0 Å². The second-order valence-corrected chi connectivity index (χ2v) is 4.98. The molecule has 0 unspecified atom stereocenters. The van der Waals surface area contributed by atoms with Gasteiger partial charge >= 0.3 is 0 Å². The Morgan fingerprint density at radius 3 is 2.50 bits per heavy atom. The number of ether oxygens (including phenoxy) is 1. The van der Waals surface area contributed by atoms with Crippen molar-refractivity contribution in [3.05, 3.63) is 53.6 Å². The Bertz CT molecular complexity index is 635. The van der Waals surface area contributed by atoms with Crippen molar-refractivity contribution in [2.24, 2.45) is 5.73 Å². The van der Waals surface area contributed by atoms with Gasteiger partial charge in [-0.25, -0.2) is 0 Å². The Morgan fingerprint density at radius 1 is 1.10 bits per heavy atom. The highest BCUT2D eigenvalue weighted by Crippen LogP contribution is 2.33. The Hall–Kier alpha value is -2.29. The molecule has 0 spiro atoms. The predicted octanol–water partition coefficient (Wildman–Crippen LogP) is 3.22. The molecule has 1 atom stereocenters. The van der Waals surface area contributed by atoms with Crippen molar-refractivity contribution in [1.82, 2.24) is 0 Å². The highest BCUT2D eigenvalue weighted by Gasteiger charge is 2.14. The summed E-state index contributed by atoms with van der Waals surface area (Å²) in [4.78, 5) is 11.2. The SMILES string of the molecule is Cc1ccc(C)c(-c2ccccc2O[C@H](C)C(N)=O)c1. The van der Waals surface area contributed by atoms with Crippen LogP contribution in [-0.2, 0) is 4.79 Å². The summed E-state index contributed by atoms with van der Waals surface area (Å²) in [7, 11) is 0. The second-order valence-electron chi connectivity index (χ2n) is 4.98. The minimum Gasteiger partial charge on any atom is -0.480 e. The molecule has 3 nitrogen and oxygen atoms in total. The quantitative estimate of drug-likeness (QED) is 0.926. The normalized spacial score (nSPS) is 11.9. The summed E-state index contributed by atoms with van der Waals surface area (Å²) in [6.07, 6.45) is -0.652. The van der Waals surface area contributed by atoms with Crippen LogP contribution in [0, 0.1) is 13.8 Å². The molecule has 0 saturated carbocycles. The van der Waals surface area contributed by atoms with Gasteiger partial charge in [0.25, 0.3) is 5.91 Å². The Kier molecular flexibility index (Phi) is 4.08. The van der Waals surface area contributed by atoms with Crippen LogP contribution in [0.25, 0.3) is 11.1 Å². The molecular formula is C17H19NO2. The number of rotatable bonds is 4. The second kappa shape index (κ2) is 5.78. The van der Waals surface area contributed by atoms with Crippen molar-refractivity contribution in [1.29, 1.82) is 0 Å². The van der Waals surface area contributed by atoms with Crippen LogP contribution in [0.2, 0.25) is 0 Å². The van der Waals surface area contributed by atoms with Gasteiger partial charge in [-0.15, -0.1) is 0 Å². The molecule has 0 aliphatic carbocycles. The smallest absolute Gasteiger partial charge is 0.258 e. The van der Waals surface area contributed by atoms with Crippen molar-refractivity contribution >= 4 is 5.91 Å². The first-order valence-corrected chi connectivity index (χ1v) is 6.61. The number of para-hydroxylation sites is 1. The van der Waals surface area contributed by atoms with Gasteiger partial charge in [0.1, 0.15) is 5.75 Å². The number of hydrogen-bond acceptors (Lipinski definition) is 2.